The molecule has 0 radical (unpaired) electrons. The van der Waals surface area contributed by atoms with Crippen LogP contribution in [0.5, 0.6) is 17.4 Å². The highest BCUT2D eigenvalue weighted by Crippen LogP contribution is 2.36. The SMILES string of the molecule is CC[C@@H](C)N(Cc1c(C)nn(-c2ccccc2)c1Oc1ccccc1OC)C(=O)c1ccco1. The number of aryl methyl sites for hydroxylation is 1. The summed E-state index contributed by atoms with van der Waals surface area (Å²) >= 11 is 0. The molecule has 0 aliphatic heterocycles. The van der Waals surface area contributed by atoms with Crippen molar-refractivity contribution in [2.75, 3.05) is 7.11 Å². The second-order valence-electron chi connectivity index (χ2n) is 8.04. The van der Waals surface area contributed by atoms with Gasteiger partial charge in [0.05, 0.1) is 36.9 Å². The number of ether oxygens (including phenoxy) is 2. The number of hydrogen-bond donors (Lipinski definition) is 0. The lowest BCUT2D eigenvalue weighted by atomic mass is 10.1. The van der Waals surface area contributed by atoms with Gasteiger partial charge in [0.1, 0.15) is 0 Å². The third kappa shape index (κ3) is 4.69. The molecule has 7 nitrogen and oxygen atoms in total. The number of para-hydroxylation sites is 3. The van der Waals surface area contributed by atoms with E-state index in [9.17, 15) is 4.79 Å². The molecule has 0 unspecified atom stereocenters. The first-order chi connectivity index (χ1) is 16.5. The number of benzene rings is 2. The van der Waals surface area contributed by atoms with Crippen LogP contribution in [0.15, 0.2) is 77.4 Å². The molecule has 0 spiro atoms. The number of carbonyl (C=O) groups is 1. The maximum Gasteiger partial charge on any atom is 0.290 e. The first-order valence-corrected chi connectivity index (χ1v) is 11.3. The second-order valence-corrected chi connectivity index (χ2v) is 8.04. The van der Waals surface area contributed by atoms with Gasteiger partial charge >= 0.3 is 0 Å². The minimum absolute atomic E-state index is 0.0174. The molecular formula is C27H29N3O4. The molecule has 0 aliphatic carbocycles. The molecule has 176 valence electrons. The van der Waals surface area contributed by atoms with E-state index in [0.717, 1.165) is 23.4 Å². The maximum absolute atomic E-state index is 13.3. The summed E-state index contributed by atoms with van der Waals surface area (Å²) in [7, 11) is 1.61. The van der Waals surface area contributed by atoms with Crippen molar-refractivity contribution < 1.29 is 18.7 Å². The van der Waals surface area contributed by atoms with Crippen LogP contribution < -0.4 is 9.47 Å². The van der Waals surface area contributed by atoms with Gasteiger partial charge in [-0.2, -0.15) is 5.10 Å². The van der Waals surface area contributed by atoms with Crippen molar-refractivity contribution in [1.82, 2.24) is 14.7 Å². The van der Waals surface area contributed by atoms with Crippen LogP contribution in [-0.4, -0.2) is 33.7 Å². The van der Waals surface area contributed by atoms with Gasteiger partial charge in [-0.1, -0.05) is 37.3 Å². The number of hydrogen-bond acceptors (Lipinski definition) is 5. The summed E-state index contributed by atoms with van der Waals surface area (Å²) in [5, 5.41) is 4.78. The van der Waals surface area contributed by atoms with E-state index in [2.05, 4.69) is 6.92 Å². The number of nitrogens with zero attached hydrogens (tertiary/aromatic N) is 3. The largest absolute Gasteiger partial charge is 0.493 e. The van der Waals surface area contributed by atoms with Crippen LogP contribution in [0.2, 0.25) is 0 Å². The first kappa shape index (κ1) is 23.2. The normalized spacial score (nSPS) is 11.8. The minimum atomic E-state index is -0.172. The monoisotopic (exact) mass is 459 g/mol. The van der Waals surface area contributed by atoms with Gasteiger partial charge in [-0.3, -0.25) is 4.79 Å². The van der Waals surface area contributed by atoms with Gasteiger partial charge < -0.3 is 18.8 Å². The fourth-order valence-corrected chi connectivity index (χ4v) is 3.74. The lowest BCUT2D eigenvalue weighted by Crippen LogP contribution is -2.37. The van der Waals surface area contributed by atoms with Crippen LogP contribution in [0.1, 0.15) is 42.1 Å². The standard InChI is InChI=1S/C27H29N3O4/c1-5-19(2)29(26(31)25-16-11-17-33-25)18-22-20(3)28-30(21-12-7-6-8-13-21)27(22)34-24-15-10-9-14-23(24)32-4/h6-17,19H,5,18H2,1-4H3/t19-/m1/s1. The van der Waals surface area contributed by atoms with Crippen LogP contribution >= 0.6 is 0 Å². The van der Waals surface area contributed by atoms with Crippen molar-refractivity contribution >= 4 is 5.91 Å². The number of amides is 1. The van der Waals surface area contributed by atoms with Crippen molar-refractivity contribution in [3.05, 3.63) is 90.0 Å². The van der Waals surface area contributed by atoms with Gasteiger partial charge in [-0.25, -0.2) is 4.68 Å². The number of furan rings is 1. The van der Waals surface area contributed by atoms with Gasteiger partial charge in [0.2, 0.25) is 5.88 Å². The Bertz CT molecular complexity index is 1230. The highest BCUT2D eigenvalue weighted by Gasteiger charge is 2.28. The Morgan fingerprint density at radius 3 is 2.41 bits per heavy atom. The summed E-state index contributed by atoms with van der Waals surface area (Å²) in [4.78, 5) is 15.1. The van der Waals surface area contributed by atoms with Crippen molar-refractivity contribution in [2.24, 2.45) is 0 Å². The smallest absolute Gasteiger partial charge is 0.290 e. The summed E-state index contributed by atoms with van der Waals surface area (Å²) < 4.78 is 19.1. The molecule has 1 amide bonds. The second kappa shape index (κ2) is 10.3. The van der Waals surface area contributed by atoms with Crippen LogP contribution in [0.25, 0.3) is 5.69 Å². The molecule has 4 aromatic rings. The molecule has 0 saturated carbocycles. The molecular weight excluding hydrogens is 430 g/mol. The van der Waals surface area contributed by atoms with Crippen molar-refractivity contribution in [3.8, 4) is 23.1 Å². The molecule has 0 saturated heterocycles. The molecule has 1 atom stereocenters. The molecule has 34 heavy (non-hydrogen) atoms. The van der Waals surface area contributed by atoms with Crippen molar-refractivity contribution in [3.63, 3.8) is 0 Å². The molecule has 2 aromatic carbocycles. The predicted molar refractivity (Wildman–Crippen MR) is 130 cm³/mol. The van der Waals surface area contributed by atoms with Crippen LogP contribution in [-0.2, 0) is 6.54 Å². The Labute approximate surface area is 199 Å². The third-order valence-electron chi connectivity index (χ3n) is 5.86. The van der Waals surface area contributed by atoms with E-state index in [1.165, 1.54) is 6.26 Å². The van der Waals surface area contributed by atoms with Crippen LogP contribution in [0.3, 0.4) is 0 Å². The Kier molecular flexibility index (Phi) is 7.01. The van der Waals surface area contributed by atoms with E-state index in [1.807, 2.05) is 68.4 Å². The molecule has 0 bridgehead atoms. The fraction of sp³-hybridized carbons (Fsp3) is 0.259. The van der Waals surface area contributed by atoms with E-state index >= 15 is 0 Å². The Hall–Kier alpha value is -4.00. The van der Waals surface area contributed by atoms with E-state index in [4.69, 9.17) is 19.0 Å². The Morgan fingerprint density at radius 2 is 1.76 bits per heavy atom. The molecule has 4 rings (SSSR count). The zero-order valence-electron chi connectivity index (χ0n) is 19.9. The maximum atomic E-state index is 13.3. The number of aromatic nitrogens is 2. The van der Waals surface area contributed by atoms with Crippen LogP contribution in [0.4, 0.5) is 0 Å². The Balaban J connectivity index is 1.81. The van der Waals surface area contributed by atoms with Crippen molar-refractivity contribution in [1.29, 1.82) is 0 Å². The van der Waals surface area contributed by atoms with E-state index in [1.54, 1.807) is 28.8 Å². The molecule has 2 heterocycles. The molecule has 2 aromatic heterocycles. The van der Waals surface area contributed by atoms with Crippen molar-refractivity contribution in [2.45, 2.75) is 39.8 Å². The van der Waals surface area contributed by atoms with E-state index < -0.39 is 0 Å². The summed E-state index contributed by atoms with van der Waals surface area (Å²) in [6.07, 6.45) is 2.30. The zero-order valence-corrected chi connectivity index (χ0v) is 19.9. The van der Waals surface area contributed by atoms with Gasteiger partial charge in [0, 0.05) is 6.04 Å². The topological polar surface area (TPSA) is 69.7 Å². The third-order valence-corrected chi connectivity index (χ3v) is 5.86. The molecule has 0 fully saturated rings. The van der Waals surface area contributed by atoms with Crippen LogP contribution in [0, 0.1) is 6.92 Å². The average molecular weight is 460 g/mol. The number of carbonyl (C=O) groups excluding carboxylic acids is 1. The van der Waals surface area contributed by atoms with Gasteiger partial charge in [0.15, 0.2) is 17.3 Å². The molecule has 0 aliphatic rings. The summed E-state index contributed by atoms with van der Waals surface area (Å²) in [6.45, 7) is 6.33. The fourth-order valence-electron chi connectivity index (χ4n) is 3.74. The van der Waals surface area contributed by atoms with Gasteiger partial charge in [0.25, 0.3) is 5.91 Å². The van der Waals surface area contributed by atoms with E-state index in [0.29, 0.717) is 29.7 Å². The van der Waals surface area contributed by atoms with Gasteiger partial charge in [-0.15, -0.1) is 0 Å². The number of rotatable bonds is 9. The summed E-state index contributed by atoms with van der Waals surface area (Å²) in [5.74, 6) is 1.84. The average Bonchev–Trinajstić information content (AvgIpc) is 3.51. The molecule has 0 N–H and O–H groups in total. The zero-order chi connectivity index (χ0) is 24.1. The summed E-state index contributed by atoms with van der Waals surface area (Å²) in [5.41, 5.74) is 2.44. The minimum Gasteiger partial charge on any atom is -0.493 e. The van der Waals surface area contributed by atoms with Gasteiger partial charge in [-0.05, 0) is 56.7 Å². The highest BCUT2D eigenvalue weighted by molar-refractivity contribution is 5.91. The lowest BCUT2D eigenvalue weighted by molar-refractivity contribution is 0.0637. The quantitative estimate of drug-likeness (QED) is 0.306. The molecule has 7 heteroatoms. The lowest BCUT2D eigenvalue weighted by Gasteiger charge is -2.28. The highest BCUT2D eigenvalue weighted by atomic mass is 16.5. The predicted octanol–water partition coefficient (Wildman–Crippen LogP) is 6.02. The first-order valence-electron chi connectivity index (χ1n) is 11.3. The van der Waals surface area contributed by atoms with E-state index in [-0.39, 0.29) is 11.9 Å². The number of methoxy groups -OCH3 is 1. The Morgan fingerprint density at radius 1 is 1.06 bits per heavy atom. The summed E-state index contributed by atoms with van der Waals surface area (Å²) in [6, 6.07) is 20.6.